The van der Waals surface area contributed by atoms with E-state index in [9.17, 15) is 9.59 Å². The van der Waals surface area contributed by atoms with Crippen molar-refractivity contribution >= 4 is 17.7 Å². The Hall–Kier alpha value is -3.41. The van der Waals surface area contributed by atoms with Gasteiger partial charge in [0.1, 0.15) is 24.6 Å². The third-order valence-corrected chi connectivity index (χ3v) is 3.87. The molecule has 0 amide bonds. The number of esters is 1. The first-order valence-electron chi connectivity index (χ1n) is 7.77. The fraction of sp³-hybridized carbons (Fsp3) is 0.105. The monoisotopic (exact) mass is 334 g/mol. The van der Waals surface area contributed by atoms with Gasteiger partial charge in [0.15, 0.2) is 0 Å². The van der Waals surface area contributed by atoms with Crippen LogP contribution in [0.5, 0.6) is 5.75 Å². The summed E-state index contributed by atoms with van der Waals surface area (Å²) in [6, 6.07) is 14.1. The van der Waals surface area contributed by atoms with E-state index in [-0.39, 0.29) is 18.8 Å². The van der Waals surface area contributed by atoms with E-state index in [1.807, 2.05) is 24.3 Å². The van der Waals surface area contributed by atoms with E-state index in [0.29, 0.717) is 16.9 Å². The van der Waals surface area contributed by atoms with Gasteiger partial charge in [0.05, 0.1) is 11.3 Å². The van der Waals surface area contributed by atoms with Crippen molar-refractivity contribution in [2.24, 2.45) is 0 Å². The highest BCUT2D eigenvalue weighted by atomic mass is 16.5. The zero-order valence-electron chi connectivity index (χ0n) is 13.2. The summed E-state index contributed by atoms with van der Waals surface area (Å²) >= 11 is 0. The van der Waals surface area contributed by atoms with E-state index in [0.717, 1.165) is 11.3 Å². The molecular weight excluding hydrogens is 320 g/mol. The molecule has 0 N–H and O–H groups in total. The van der Waals surface area contributed by atoms with Crippen molar-refractivity contribution < 1.29 is 14.3 Å². The second-order valence-electron chi connectivity index (χ2n) is 5.59. The predicted octanol–water partition coefficient (Wildman–Crippen LogP) is 2.21. The van der Waals surface area contributed by atoms with Crippen LogP contribution in [0, 0.1) is 0 Å². The third kappa shape index (κ3) is 3.01. The number of carbonyl (C=O) groups excluding carboxylic acids is 1. The number of aromatic nitrogens is 2. The van der Waals surface area contributed by atoms with E-state index in [1.54, 1.807) is 30.5 Å². The van der Waals surface area contributed by atoms with Crippen molar-refractivity contribution in [1.29, 1.82) is 0 Å². The van der Waals surface area contributed by atoms with Gasteiger partial charge in [-0.25, -0.2) is 9.78 Å². The third-order valence-electron chi connectivity index (χ3n) is 3.87. The summed E-state index contributed by atoms with van der Waals surface area (Å²) in [7, 11) is 0. The van der Waals surface area contributed by atoms with Crippen LogP contribution in [0.25, 0.3) is 11.7 Å². The van der Waals surface area contributed by atoms with Crippen molar-refractivity contribution in [3.63, 3.8) is 0 Å². The normalized spacial score (nSPS) is 12.9. The molecule has 25 heavy (non-hydrogen) atoms. The molecule has 6 nitrogen and oxygen atoms in total. The van der Waals surface area contributed by atoms with Crippen molar-refractivity contribution in [2.45, 2.75) is 6.61 Å². The van der Waals surface area contributed by atoms with Gasteiger partial charge in [-0.2, -0.15) is 0 Å². The highest BCUT2D eigenvalue weighted by Crippen LogP contribution is 2.26. The van der Waals surface area contributed by atoms with E-state index < -0.39 is 5.97 Å². The van der Waals surface area contributed by atoms with Crippen LogP contribution in [0.1, 0.15) is 11.3 Å². The Morgan fingerprint density at radius 1 is 1.20 bits per heavy atom. The van der Waals surface area contributed by atoms with Gasteiger partial charge in [-0.3, -0.25) is 9.20 Å². The molecule has 0 fully saturated rings. The molecule has 0 radical (unpaired) electrons. The molecular formula is C19H14N2O4. The molecule has 0 spiro atoms. The number of pyridine rings is 1. The average Bonchev–Trinajstić information content (AvgIpc) is 2.66. The van der Waals surface area contributed by atoms with Crippen molar-refractivity contribution in [2.75, 3.05) is 6.61 Å². The Kier molecular flexibility index (Phi) is 3.78. The smallest absolute Gasteiger partial charge is 0.337 e. The maximum atomic E-state index is 12.2. The molecule has 3 aromatic rings. The Morgan fingerprint density at radius 3 is 2.96 bits per heavy atom. The van der Waals surface area contributed by atoms with E-state index >= 15 is 0 Å². The Morgan fingerprint density at radius 2 is 2.04 bits per heavy atom. The summed E-state index contributed by atoms with van der Waals surface area (Å²) in [4.78, 5) is 28.6. The van der Waals surface area contributed by atoms with Crippen LogP contribution in [0.15, 0.2) is 65.1 Å². The highest BCUT2D eigenvalue weighted by Gasteiger charge is 2.18. The van der Waals surface area contributed by atoms with Crippen LogP contribution in [-0.2, 0) is 16.1 Å². The number of rotatable bonds is 3. The molecule has 2 aromatic heterocycles. The summed E-state index contributed by atoms with van der Waals surface area (Å²) in [6.07, 6.45) is 3.39. The Labute approximate surface area is 143 Å². The van der Waals surface area contributed by atoms with Gasteiger partial charge in [-0.1, -0.05) is 24.3 Å². The lowest BCUT2D eigenvalue weighted by Crippen LogP contribution is -2.19. The highest BCUT2D eigenvalue weighted by molar-refractivity contribution is 5.95. The summed E-state index contributed by atoms with van der Waals surface area (Å²) in [5.74, 6) is 0.257. The van der Waals surface area contributed by atoms with Crippen LogP contribution >= 0.6 is 0 Å². The fourth-order valence-corrected chi connectivity index (χ4v) is 2.64. The largest absolute Gasteiger partial charge is 0.488 e. The van der Waals surface area contributed by atoms with Crippen LogP contribution in [0.2, 0.25) is 0 Å². The first-order chi connectivity index (χ1) is 12.2. The fourth-order valence-electron chi connectivity index (χ4n) is 2.64. The summed E-state index contributed by atoms with van der Waals surface area (Å²) < 4.78 is 12.3. The minimum absolute atomic E-state index is 0.0710. The lowest BCUT2D eigenvalue weighted by atomic mass is 10.1. The lowest BCUT2D eigenvalue weighted by molar-refractivity contribution is -0.140. The molecule has 0 atom stereocenters. The molecule has 0 saturated heterocycles. The Balaban J connectivity index is 1.51. The van der Waals surface area contributed by atoms with E-state index in [1.165, 1.54) is 10.5 Å². The molecule has 124 valence electrons. The van der Waals surface area contributed by atoms with Crippen LogP contribution < -0.4 is 10.3 Å². The summed E-state index contributed by atoms with van der Waals surface area (Å²) in [5.41, 5.74) is 1.96. The quantitative estimate of drug-likeness (QED) is 0.687. The van der Waals surface area contributed by atoms with Gasteiger partial charge < -0.3 is 9.47 Å². The van der Waals surface area contributed by atoms with Crippen molar-refractivity contribution in [3.05, 3.63) is 81.9 Å². The molecule has 6 heteroatoms. The van der Waals surface area contributed by atoms with Crippen molar-refractivity contribution in [1.82, 2.24) is 9.38 Å². The van der Waals surface area contributed by atoms with Gasteiger partial charge in [-0.15, -0.1) is 0 Å². The molecule has 0 aliphatic carbocycles. The minimum atomic E-state index is -0.482. The molecule has 4 rings (SSSR count). The number of benzene rings is 1. The standard InChI is InChI=1S/C19H14N2O4/c22-18-10-15(20-17-7-3-4-8-21(17)18)12-25-19(23)14-9-13-5-1-2-6-16(13)24-11-14/h1-10H,11-12H2. The maximum absolute atomic E-state index is 12.2. The van der Waals surface area contributed by atoms with Gasteiger partial charge in [0, 0.05) is 17.8 Å². The van der Waals surface area contributed by atoms with E-state index in [2.05, 4.69) is 4.98 Å². The number of nitrogens with zero attached hydrogens (tertiary/aromatic N) is 2. The van der Waals surface area contributed by atoms with Crippen LogP contribution in [0.4, 0.5) is 0 Å². The van der Waals surface area contributed by atoms with Gasteiger partial charge in [0.2, 0.25) is 0 Å². The number of hydrogen-bond donors (Lipinski definition) is 0. The summed E-state index contributed by atoms with van der Waals surface area (Å²) in [6.45, 7) is 0.0854. The molecule has 0 bridgehead atoms. The van der Waals surface area contributed by atoms with Gasteiger partial charge in [-0.05, 0) is 24.3 Å². The summed E-state index contributed by atoms with van der Waals surface area (Å²) in [5, 5.41) is 0. The molecule has 0 saturated carbocycles. The zero-order chi connectivity index (χ0) is 17.2. The number of para-hydroxylation sites is 1. The van der Waals surface area contributed by atoms with Crippen LogP contribution in [0.3, 0.4) is 0 Å². The number of fused-ring (bicyclic) bond motifs is 2. The zero-order valence-corrected chi connectivity index (χ0v) is 13.2. The Bertz CT molecular complexity index is 1050. The maximum Gasteiger partial charge on any atom is 0.337 e. The molecule has 1 aliphatic rings. The lowest BCUT2D eigenvalue weighted by Gasteiger charge is -2.16. The predicted molar refractivity (Wildman–Crippen MR) is 91.2 cm³/mol. The second kappa shape index (κ2) is 6.24. The SMILES string of the molecule is O=C(OCc1cc(=O)n2ccccc2n1)C1=Cc2ccccc2OC1. The second-order valence-corrected chi connectivity index (χ2v) is 5.59. The number of ether oxygens (including phenoxy) is 2. The molecule has 1 aliphatic heterocycles. The van der Waals surface area contributed by atoms with Crippen LogP contribution in [-0.4, -0.2) is 22.0 Å². The molecule has 3 heterocycles. The topological polar surface area (TPSA) is 69.9 Å². The first-order valence-corrected chi connectivity index (χ1v) is 7.77. The number of carbonyl (C=O) groups is 1. The van der Waals surface area contributed by atoms with Crippen molar-refractivity contribution in [3.8, 4) is 5.75 Å². The minimum Gasteiger partial charge on any atom is -0.488 e. The van der Waals surface area contributed by atoms with E-state index in [4.69, 9.17) is 9.47 Å². The van der Waals surface area contributed by atoms with Gasteiger partial charge in [0.25, 0.3) is 5.56 Å². The average molecular weight is 334 g/mol. The number of hydrogen-bond acceptors (Lipinski definition) is 5. The molecule has 0 unspecified atom stereocenters. The molecule has 1 aromatic carbocycles. The van der Waals surface area contributed by atoms with Gasteiger partial charge >= 0.3 is 5.97 Å². The first kappa shape index (κ1) is 15.1.